The zero-order valence-corrected chi connectivity index (χ0v) is 16.3. The molecule has 0 radical (unpaired) electrons. The van der Waals surface area contributed by atoms with Gasteiger partial charge in [-0.05, 0) is 30.0 Å². The van der Waals surface area contributed by atoms with E-state index in [9.17, 15) is 8.42 Å². The summed E-state index contributed by atoms with van der Waals surface area (Å²) in [6, 6.07) is 13.8. The van der Waals surface area contributed by atoms with E-state index >= 15 is 0 Å². The number of nitrogens with one attached hydrogen (secondary N) is 1. The maximum absolute atomic E-state index is 12.5. The van der Waals surface area contributed by atoms with Gasteiger partial charge < -0.3 is 4.74 Å². The lowest BCUT2D eigenvalue weighted by atomic mass is 10.1. The van der Waals surface area contributed by atoms with Gasteiger partial charge in [-0.2, -0.15) is 0 Å². The Morgan fingerprint density at radius 2 is 1.89 bits per heavy atom. The van der Waals surface area contributed by atoms with E-state index in [2.05, 4.69) is 14.6 Å². The first-order valence-electron chi connectivity index (χ1n) is 9.37. The number of morpholine rings is 1. The monoisotopic (exact) mass is 389 g/mol. The minimum absolute atomic E-state index is 0.0356. The predicted octanol–water partition coefficient (Wildman–Crippen LogP) is 2.01. The van der Waals surface area contributed by atoms with Crippen molar-refractivity contribution in [3.63, 3.8) is 0 Å². The van der Waals surface area contributed by atoms with Gasteiger partial charge in [0.25, 0.3) is 0 Å². The Kier molecular flexibility index (Phi) is 7.34. The van der Waals surface area contributed by atoms with Crippen LogP contribution in [0.1, 0.15) is 23.6 Å². The van der Waals surface area contributed by atoms with Gasteiger partial charge in [0.1, 0.15) is 0 Å². The van der Waals surface area contributed by atoms with Gasteiger partial charge in [-0.15, -0.1) is 0 Å². The van der Waals surface area contributed by atoms with Crippen molar-refractivity contribution in [3.8, 4) is 0 Å². The van der Waals surface area contributed by atoms with Crippen LogP contribution in [0.25, 0.3) is 0 Å². The van der Waals surface area contributed by atoms with Crippen LogP contribution in [0.4, 0.5) is 0 Å². The zero-order valence-electron chi connectivity index (χ0n) is 15.5. The average Bonchev–Trinajstić information content (AvgIpc) is 2.70. The van der Waals surface area contributed by atoms with Crippen LogP contribution in [0.15, 0.2) is 54.9 Å². The molecule has 0 aliphatic carbocycles. The van der Waals surface area contributed by atoms with Crippen molar-refractivity contribution >= 4 is 10.0 Å². The molecule has 1 aliphatic heterocycles. The molecule has 3 rings (SSSR count). The maximum Gasteiger partial charge on any atom is 0.211 e. The number of hydrogen-bond donors (Lipinski definition) is 1. The van der Waals surface area contributed by atoms with Gasteiger partial charge in [-0.1, -0.05) is 36.4 Å². The van der Waals surface area contributed by atoms with Gasteiger partial charge in [0.05, 0.1) is 25.0 Å². The number of sulfonamides is 1. The number of nitrogens with zero attached hydrogens (tertiary/aromatic N) is 2. The molecule has 1 aromatic carbocycles. The summed E-state index contributed by atoms with van der Waals surface area (Å²) in [5, 5.41) is 0. The third-order valence-electron chi connectivity index (χ3n) is 4.77. The summed E-state index contributed by atoms with van der Waals surface area (Å²) in [5.74, 6) is 0.130. The smallest absolute Gasteiger partial charge is 0.211 e. The van der Waals surface area contributed by atoms with Gasteiger partial charge in [-0.3, -0.25) is 9.88 Å². The summed E-state index contributed by atoms with van der Waals surface area (Å²) in [5.41, 5.74) is 2.18. The summed E-state index contributed by atoms with van der Waals surface area (Å²) in [4.78, 5) is 6.45. The van der Waals surface area contributed by atoms with Gasteiger partial charge >= 0.3 is 0 Å². The normalized spacial score (nSPS) is 16.9. The fourth-order valence-electron chi connectivity index (χ4n) is 3.31. The largest absolute Gasteiger partial charge is 0.379 e. The number of ether oxygens (including phenoxy) is 1. The highest BCUT2D eigenvalue weighted by molar-refractivity contribution is 7.89. The number of aryl methyl sites for hydroxylation is 1. The fourth-order valence-corrected chi connectivity index (χ4v) is 4.39. The van der Waals surface area contributed by atoms with Crippen LogP contribution in [0.5, 0.6) is 0 Å². The van der Waals surface area contributed by atoms with Crippen molar-refractivity contribution in [1.82, 2.24) is 14.6 Å². The molecular formula is C20H27N3O3S. The molecule has 1 N–H and O–H groups in total. The second-order valence-electron chi connectivity index (χ2n) is 6.71. The molecule has 2 heterocycles. The van der Waals surface area contributed by atoms with Crippen molar-refractivity contribution in [1.29, 1.82) is 0 Å². The summed E-state index contributed by atoms with van der Waals surface area (Å²) < 4.78 is 33.2. The van der Waals surface area contributed by atoms with Gasteiger partial charge in [0.2, 0.25) is 10.0 Å². The van der Waals surface area contributed by atoms with Crippen LogP contribution in [0, 0.1) is 0 Å². The first-order valence-corrected chi connectivity index (χ1v) is 11.0. The minimum Gasteiger partial charge on any atom is -0.379 e. The molecule has 1 fully saturated rings. The topological polar surface area (TPSA) is 71.5 Å². The molecule has 1 saturated heterocycles. The fraction of sp³-hybridized carbons (Fsp3) is 0.450. The van der Waals surface area contributed by atoms with Crippen molar-refractivity contribution in [2.45, 2.75) is 18.9 Å². The van der Waals surface area contributed by atoms with Crippen molar-refractivity contribution in [3.05, 3.63) is 66.0 Å². The minimum atomic E-state index is -3.32. The SMILES string of the molecule is O=S(=O)(CCCc1ccccc1)NCC(c1cccnc1)N1CCOCC1. The van der Waals surface area contributed by atoms with E-state index in [1.165, 1.54) is 0 Å². The van der Waals surface area contributed by atoms with E-state index in [-0.39, 0.29) is 11.8 Å². The molecule has 0 spiro atoms. The summed E-state index contributed by atoms with van der Waals surface area (Å²) in [7, 11) is -3.32. The van der Waals surface area contributed by atoms with Crippen molar-refractivity contribution in [2.75, 3.05) is 38.6 Å². The summed E-state index contributed by atoms with van der Waals surface area (Å²) in [6.45, 7) is 3.26. The molecule has 7 heteroatoms. The van der Waals surface area contributed by atoms with E-state index in [0.717, 1.165) is 30.6 Å². The lowest BCUT2D eigenvalue weighted by molar-refractivity contribution is 0.0171. The third-order valence-corrected chi connectivity index (χ3v) is 6.21. The summed E-state index contributed by atoms with van der Waals surface area (Å²) in [6.07, 6.45) is 4.91. The van der Waals surface area contributed by atoms with E-state index < -0.39 is 10.0 Å². The highest BCUT2D eigenvalue weighted by Crippen LogP contribution is 2.20. The van der Waals surface area contributed by atoms with Crippen LogP contribution in [0.3, 0.4) is 0 Å². The quantitative estimate of drug-likeness (QED) is 0.710. The third kappa shape index (κ3) is 6.39. The molecular weight excluding hydrogens is 362 g/mol. The summed E-state index contributed by atoms with van der Waals surface area (Å²) >= 11 is 0. The molecule has 27 heavy (non-hydrogen) atoms. The van der Waals surface area contributed by atoms with Crippen molar-refractivity contribution in [2.24, 2.45) is 0 Å². The van der Waals surface area contributed by atoms with Crippen LogP contribution >= 0.6 is 0 Å². The highest BCUT2D eigenvalue weighted by atomic mass is 32.2. The molecule has 1 unspecified atom stereocenters. The molecule has 1 atom stereocenters. The Balaban J connectivity index is 1.56. The molecule has 0 bridgehead atoms. The van der Waals surface area contributed by atoms with Crippen LogP contribution in [-0.4, -0.2) is 56.9 Å². The zero-order chi connectivity index (χ0) is 19.0. The van der Waals surface area contributed by atoms with E-state index in [4.69, 9.17) is 4.74 Å². The molecule has 0 amide bonds. The molecule has 6 nitrogen and oxygen atoms in total. The first-order chi connectivity index (χ1) is 13.1. The Labute approximate surface area is 161 Å². The molecule has 2 aromatic rings. The first kappa shape index (κ1) is 19.9. The Morgan fingerprint density at radius 1 is 1.11 bits per heavy atom. The second-order valence-corrected chi connectivity index (χ2v) is 8.63. The predicted molar refractivity (Wildman–Crippen MR) is 106 cm³/mol. The number of pyridine rings is 1. The second kappa shape index (κ2) is 9.94. The van der Waals surface area contributed by atoms with Crippen LogP contribution in [0.2, 0.25) is 0 Å². The van der Waals surface area contributed by atoms with Crippen LogP contribution < -0.4 is 4.72 Å². The van der Waals surface area contributed by atoms with Gasteiger partial charge in [0.15, 0.2) is 0 Å². The van der Waals surface area contributed by atoms with Gasteiger partial charge in [0, 0.05) is 32.0 Å². The number of rotatable bonds is 9. The molecule has 146 valence electrons. The van der Waals surface area contributed by atoms with Crippen LogP contribution in [-0.2, 0) is 21.2 Å². The van der Waals surface area contributed by atoms with Gasteiger partial charge in [-0.25, -0.2) is 13.1 Å². The lowest BCUT2D eigenvalue weighted by Crippen LogP contribution is -2.44. The molecule has 1 aromatic heterocycles. The van der Waals surface area contributed by atoms with E-state index in [1.807, 2.05) is 48.7 Å². The van der Waals surface area contributed by atoms with E-state index in [0.29, 0.717) is 26.2 Å². The average molecular weight is 390 g/mol. The number of benzene rings is 1. The number of hydrogen-bond acceptors (Lipinski definition) is 5. The Bertz CT molecular complexity index is 779. The van der Waals surface area contributed by atoms with Crippen molar-refractivity contribution < 1.29 is 13.2 Å². The standard InChI is InChI=1S/C20H27N3O3S/c24-27(25,15-5-8-18-6-2-1-3-7-18)22-17-20(19-9-4-10-21-16-19)23-11-13-26-14-12-23/h1-4,6-7,9-10,16,20,22H,5,8,11-15,17H2. The lowest BCUT2D eigenvalue weighted by Gasteiger charge is -2.34. The molecule has 0 saturated carbocycles. The Hall–Kier alpha value is -1.80. The maximum atomic E-state index is 12.5. The Morgan fingerprint density at radius 3 is 2.59 bits per heavy atom. The molecule has 1 aliphatic rings. The number of aromatic nitrogens is 1. The van der Waals surface area contributed by atoms with E-state index in [1.54, 1.807) is 6.20 Å². The highest BCUT2D eigenvalue weighted by Gasteiger charge is 2.24.